The molecule has 0 bridgehead atoms. The number of para-hydroxylation sites is 1. The first-order valence-corrected chi connectivity index (χ1v) is 7.85. The second-order valence-electron chi connectivity index (χ2n) is 3.39. The third kappa shape index (κ3) is 3.48. The van der Waals surface area contributed by atoms with Gasteiger partial charge in [0.2, 0.25) is 0 Å². The maximum atomic E-state index is 5.96. The Bertz CT molecular complexity index is 375. The van der Waals surface area contributed by atoms with Crippen LogP contribution in [0.4, 0.5) is 0 Å². The first kappa shape index (κ1) is 14.6. The van der Waals surface area contributed by atoms with Gasteiger partial charge in [-0.15, -0.1) is 0 Å². The lowest BCUT2D eigenvalue weighted by atomic mass is 10.3. The molecular formula is C10H19N4OPS. The number of rotatable bonds is 6. The molecule has 0 aromatic heterocycles. The maximum Gasteiger partial charge on any atom is 0.279 e. The Hall–Kier alpha value is -0.490. The van der Waals surface area contributed by atoms with E-state index in [-0.39, 0.29) is 0 Å². The van der Waals surface area contributed by atoms with Gasteiger partial charge in [-0.2, -0.15) is 9.56 Å². The molecule has 1 aromatic carbocycles. The summed E-state index contributed by atoms with van der Waals surface area (Å²) in [5, 5.41) is 0. The number of nitrogens with one attached hydrogen (secondary N) is 2. The van der Waals surface area contributed by atoms with Gasteiger partial charge in [0, 0.05) is 14.1 Å². The van der Waals surface area contributed by atoms with E-state index < -0.39 is 6.57 Å². The van der Waals surface area contributed by atoms with Crippen LogP contribution in [0, 0.1) is 0 Å². The zero-order valence-corrected chi connectivity index (χ0v) is 12.3. The minimum absolute atomic E-state index is 0.764. The van der Waals surface area contributed by atoms with Crippen molar-refractivity contribution in [2.75, 3.05) is 28.2 Å². The summed E-state index contributed by atoms with van der Waals surface area (Å²) in [4.78, 5) is 0. The van der Waals surface area contributed by atoms with E-state index in [0.29, 0.717) is 0 Å². The summed E-state index contributed by atoms with van der Waals surface area (Å²) < 4.78 is 9.58. The summed E-state index contributed by atoms with van der Waals surface area (Å²) in [5.41, 5.74) is 6.03. The summed E-state index contributed by atoms with van der Waals surface area (Å²) >= 11 is 5.64. The van der Waals surface area contributed by atoms with Gasteiger partial charge in [0.15, 0.2) is 0 Å². The summed E-state index contributed by atoms with van der Waals surface area (Å²) in [7, 11) is 7.38. The summed E-state index contributed by atoms with van der Waals surface area (Å²) in [5.74, 6) is 0.764. The van der Waals surface area contributed by atoms with E-state index in [9.17, 15) is 0 Å². The van der Waals surface area contributed by atoms with Crippen LogP contribution in [0.3, 0.4) is 0 Å². The van der Waals surface area contributed by atoms with E-state index in [0.717, 1.165) is 5.75 Å². The lowest BCUT2D eigenvalue weighted by Crippen LogP contribution is -2.40. The summed E-state index contributed by atoms with van der Waals surface area (Å²) in [6.07, 6.45) is 0. The Balaban J connectivity index is 2.96. The van der Waals surface area contributed by atoms with Crippen LogP contribution in [-0.4, -0.2) is 37.7 Å². The SMILES string of the molecule is CNN(C)P(=S)(Oc1ccccc1)N(C)NC. The molecule has 0 saturated heterocycles. The van der Waals surface area contributed by atoms with Gasteiger partial charge in [-0.3, -0.25) is 10.9 Å². The second kappa shape index (κ2) is 6.44. The second-order valence-corrected chi connectivity index (χ2v) is 7.18. The Kier molecular flexibility index (Phi) is 5.52. The highest BCUT2D eigenvalue weighted by Gasteiger charge is 2.29. The molecule has 0 saturated carbocycles. The van der Waals surface area contributed by atoms with Crippen molar-refractivity contribution < 1.29 is 4.52 Å². The third-order valence-electron chi connectivity index (χ3n) is 2.37. The molecule has 0 spiro atoms. The molecule has 17 heavy (non-hydrogen) atoms. The highest BCUT2D eigenvalue weighted by Crippen LogP contribution is 2.50. The molecule has 0 aliphatic rings. The highest BCUT2D eigenvalue weighted by molar-refractivity contribution is 8.10. The number of nitrogens with zero attached hydrogens (tertiary/aromatic N) is 2. The van der Waals surface area contributed by atoms with Crippen molar-refractivity contribution in [1.29, 1.82) is 0 Å². The van der Waals surface area contributed by atoms with E-state index in [1.165, 1.54) is 0 Å². The van der Waals surface area contributed by atoms with E-state index in [1.54, 1.807) is 0 Å². The average Bonchev–Trinajstić information content (AvgIpc) is 2.37. The first-order chi connectivity index (χ1) is 8.04. The molecule has 0 radical (unpaired) electrons. The van der Waals surface area contributed by atoms with Gasteiger partial charge in [0.05, 0.1) is 0 Å². The highest BCUT2D eigenvalue weighted by atomic mass is 32.5. The van der Waals surface area contributed by atoms with Crippen LogP contribution in [0.25, 0.3) is 0 Å². The fourth-order valence-corrected chi connectivity index (χ4v) is 3.49. The molecule has 0 unspecified atom stereocenters. The van der Waals surface area contributed by atoms with Gasteiger partial charge in [-0.05, 0) is 38.0 Å². The van der Waals surface area contributed by atoms with Crippen molar-refractivity contribution in [1.82, 2.24) is 20.4 Å². The molecule has 7 heteroatoms. The molecule has 0 aliphatic carbocycles. The lowest BCUT2D eigenvalue weighted by Gasteiger charge is -2.36. The number of hydrogen-bond acceptors (Lipinski definition) is 4. The average molecular weight is 274 g/mol. The summed E-state index contributed by atoms with van der Waals surface area (Å²) in [6.45, 7) is -2.35. The molecule has 0 fully saturated rings. The Morgan fingerprint density at radius 2 is 1.53 bits per heavy atom. The van der Waals surface area contributed by atoms with Gasteiger partial charge < -0.3 is 4.52 Å². The van der Waals surface area contributed by atoms with Gasteiger partial charge in [-0.25, -0.2) is 0 Å². The number of benzene rings is 1. The van der Waals surface area contributed by atoms with Crippen LogP contribution in [0.1, 0.15) is 0 Å². The number of hydrogen-bond donors (Lipinski definition) is 2. The van der Waals surface area contributed by atoms with Crippen molar-refractivity contribution in [2.45, 2.75) is 0 Å². The molecule has 1 aromatic rings. The Labute approximate surface area is 108 Å². The van der Waals surface area contributed by atoms with Crippen LogP contribution in [0.2, 0.25) is 0 Å². The zero-order chi connectivity index (χ0) is 12.9. The van der Waals surface area contributed by atoms with E-state index >= 15 is 0 Å². The molecule has 0 atom stereocenters. The van der Waals surface area contributed by atoms with Gasteiger partial charge in [0.1, 0.15) is 5.75 Å². The predicted molar refractivity (Wildman–Crippen MR) is 75.0 cm³/mol. The van der Waals surface area contributed by atoms with Crippen molar-refractivity contribution in [3.05, 3.63) is 30.3 Å². The van der Waals surface area contributed by atoms with Crippen LogP contribution >= 0.6 is 6.57 Å². The van der Waals surface area contributed by atoms with E-state index in [1.807, 2.05) is 68.1 Å². The standard InChI is InChI=1S/C10H19N4OPS/c1-11-13(3)16(17,14(4)12-2)15-10-8-6-5-7-9-10/h5-9,11-12H,1-4H3. The molecule has 0 amide bonds. The zero-order valence-electron chi connectivity index (χ0n) is 10.5. The third-order valence-corrected chi connectivity index (χ3v) is 6.43. The lowest BCUT2D eigenvalue weighted by molar-refractivity contribution is 0.314. The van der Waals surface area contributed by atoms with Crippen molar-refractivity contribution in [2.24, 2.45) is 0 Å². The van der Waals surface area contributed by atoms with Crippen molar-refractivity contribution in [3.63, 3.8) is 0 Å². The molecule has 2 N–H and O–H groups in total. The summed E-state index contributed by atoms with van der Waals surface area (Å²) in [6, 6.07) is 9.59. The molecule has 5 nitrogen and oxygen atoms in total. The molecular weight excluding hydrogens is 255 g/mol. The molecule has 0 aliphatic heterocycles. The number of hydrazine groups is 2. The van der Waals surface area contributed by atoms with Crippen LogP contribution in [0.15, 0.2) is 30.3 Å². The topological polar surface area (TPSA) is 39.8 Å². The fourth-order valence-electron chi connectivity index (χ4n) is 1.20. The minimum Gasteiger partial charge on any atom is -0.439 e. The Morgan fingerprint density at radius 3 is 1.94 bits per heavy atom. The van der Waals surface area contributed by atoms with Crippen LogP contribution in [0.5, 0.6) is 5.75 Å². The van der Waals surface area contributed by atoms with Crippen molar-refractivity contribution >= 4 is 18.4 Å². The molecule has 0 heterocycles. The maximum absolute atomic E-state index is 5.96. The quantitative estimate of drug-likeness (QED) is 0.604. The fraction of sp³-hybridized carbons (Fsp3) is 0.400. The van der Waals surface area contributed by atoms with Crippen LogP contribution < -0.4 is 15.4 Å². The monoisotopic (exact) mass is 274 g/mol. The van der Waals surface area contributed by atoms with E-state index in [4.69, 9.17) is 16.3 Å². The Morgan fingerprint density at radius 1 is 1.06 bits per heavy atom. The molecule has 96 valence electrons. The van der Waals surface area contributed by atoms with Gasteiger partial charge in [-0.1, -0.05) is 18.2 Å². The normalized spacial score (nSPS) is 12.1. The predicted octanol–water partition coefficient (Wildman–Crippen LogP) is 1.42. The van der Waals surface area contributed by atoms with E-state index in [2.05, 4.69) is 10.9 Å². The van der Waals surface area contributed by atoms with Gasteiger partial charge in [0.25, 0.3) is 6.57 Å². The molecule has 1 rings (SSSR count). The van der Waals surface area contributed by atoms with Crippen molar-refractivity contribution in [3.8, 4) is 5.75 Å². The first-order valence-electron chi connectivity index (χ1n) is 5.22. The minimum atomic E-state index is -2.35. The van der Waals surface area contributed by atoms with Gasteiger partial charge >= 0.3 is 0 Å². The largest absolute Gasteiger partial charge is 0.439 e. The smallest absolute Gasteiger partial charge is 0.279 e. The van der Waals surface area contributed by atoms with Crippen LogP contribution in [-0.2, 0) is 11.8 Å².